The van der Waals surface area contributed by atoms with Gasteiger partial charge in [-0.25, -0.2) is 22.3 Å². The highest BCUT2D eigenvalue weighted by Gasteiger charge is 2.50. The van der Waals surface area contributed by atoms with Crippen LogP contribution < -0.4 is 5.14 Å². The molecule has 0 heterocycles. The van der Waals surface area contributed by atoms with Crippen LogP contribution in [0, 0.1) is 17.6 Å². The van der Waals surface area contributed by atoms with Gasteiger partial charge in [0.1, 0.15) is 16.4 Å². The van der Waals surface area contributed by atoms with E-state index in [1.54, 1.807) is 0 Å². The maximum atomic E-state index is 14.8. The molecule has 0 spiro atoms. The minimum absolute atomic E-state index is 0.0320. The Morgan fingerprint density at radius 2 is 1.77 bits per heavy atom. The van der Waals surface area contributed by atoms with Gasteiger partial charge in [0.15, 0.2) is 9.84 Å². The third-order valence-electron chi connectivity index (χ3n) is 5.34. The van der Waals surface area contributed by atoms with Crippen LogP contribution in [0.5, 0.6) is 0 Å². The highest BCUT2D eigenvalue weighted by molar-refractivity contribution is 7.92. The van der Waals surface area contributed by atoms with E-state index in [0.717, 1.165) is 18.2 Å². The van der Waals surface area contributed by atoms with Crippen LogP contribution in [0.15, 0.2) is 47.4 Å². The fourth-order valence-corrected chi connectivity index (χ4v) is 6.77. The Kier molecular flexibility index (Phi) is 6.54. The van der Waals surface area contributed by atoms with Crippen LogP contribution in [0.1, 0.15) is 31.2 Å². The first kappa shape index (κ1) is 23.1. The van der Waals surface area contributed by atoms with Gasteiger partial charge in [0.2, 0.25) is 0 Å². The highest BCUT2D eigenvalue weighted by Crippen LogP contribution is 2.49. The van der Waals surface area contributed by atoms with Gasteiger partial charge in [-0.1, -0.05) is 18.0 Å². The van der Waals surface area contributed by atoms with Crippen molar-refractivity contribution < 1.29 is 29.8 Å². The Morgan fingerprint density at radius 1 is 1.10 bits per heavy atom. The van der Waals surface area contributed by atoms with Gasteiger partial charge in [0, 0.05) is 10.6 Å². The van der Waals surface area contributed by atoms with Crippen LogP contribution in [0.4, 0.5) is 8.78 Å². The lowest BCUT2D eigenvalue weighted by Gasteiger charge is -2.40. The molecular formula is C19H20ClF2NO5S2. The molecule has 1 aliphatic carbocycles. The summed E-state index contributed by atoms with van der Waals surface area (Å²) in [5.74, 6) is -2.19. The number of benzene rings is 2. The Morgan fingerprint density at radius 3 is 2.40 bits per heavy atom. The average molecular weight is 480 g/mol. The minimum atomic E-state index is -4.23. The first-order valence-corrected chi connectivity index (χ1v) is 12.4. The molecule has 3 rings (SSSR count). The van der Waals surface area contributed by atoms with Crippen molar-refractivity contribution in [3.8, 4) is 0 Å². The van der Waals surface area contributed by atoms with Crippen LogP contribution in [0.3, 0.4) is 0 Å². The molecule has 2 atom stereocenters. The summed E-state index contributed by atoms with van der Waals surface area (Å²) >= 11 is 5.86. The second-order valence-electron chi connectivity index (χ2n) is 7.32. The van der Waals surface area contributed by atoms with Crippen LogP contribution >= 0.6 is 11.6 Å². The zero-order valence-electron chi connectivity index (χ0n) is 15.7. The summed E-state index contributed by atoms with van der Waals surface area (Å²) in [7, 11) is -8.45. The van der Waals surface area contributed by atoms with Crippen molar-refractivity contribution in [2.45, 2.75) is 35.3 Å². The van der Waals surface area contributed by atoms with Crippen LogP contribution in [0.2, 0.25) is 5.02 Å². The average Bonchev–Trinajstić information content (AvgIpc) is 2.68. The quantitative estimate of drug-likeness (QED) is 0.680. The van der Waals surface area contributed by atoms with E-state index in [-0.39, 0.29) is 29.9 Å². The van der Waals surface area contributed by atoms with Gasteiger partial charge in [0.25, 0.3) is 0 Å². The predicted octanol–water partition coefficient (Wildman–Crippen LogP) is 3.70. The number of hydrogen-bond donors (Lipinski definition) is 1. The van der Waals surface area contributed by atoms with E-state index >= 15 is 0 Å². The number of rotatable bonds is 6. The van der Waals surface area contributed by atoms with Gasteiger partial charge in [-0.2, -0.15) is 8.42 Å². The van der Waals surface area contributed by atoms with Crippen molar-refractivity contribution in [3.63, 3.8) is 0 Å². The lowest BCUT2D eigenvalue weighted by Crippen LogP contribution is -2.42. The molecule has 2 aromatic carbocycles. The standard InChI is InChI=1S/C19H20ClF2NO5S2/c20-14-3-6-16(7-4-14)29(24,25)19(17-10-15(21)5-8-18(17)22)9-1-2-13(11-19)12-28-30(23,26)27/h3-8,10,13H,1-2,9,11-12H2,(H2,23,26,27)/t13-,19+/m0/s1. The summed E-state index contributed by atoms with van der Waals surface area (Å²) in [6.07, 6.45) is 0.657. The molecule has 0 radical (unpaired) electrons. The first-order valence-electron chi connectivity index (χ1n) is 9.07. The van der Waals surface area contributed by atoms with E-state index in [2.05, 4.69) is 4.18 Å². The molecule has 11 heteroatoms. The Labute approximate surface area is 179 Å². The van der Waals surface area contributed by atoms with Crippen molar-refractivity contribution in [1.82, 2.24) is 0 Å². The smallest absolute Gasteiger partial charge is 0.258 e. The summed E-state index contributed by atoms with van der Waals surface area (Å²) in [5, 5.41) is 5.20. The van der Waals surface area contributed by atoms with Gasteiger partial charge in [-0.05, 0) is 67.6 Å². The molecule has 6 nitrogen and oxygen atoms in total. The molecule has 30 heavy (non-hydrogen) atoms. The van der Waals surface area contributed by atoms with E-state index in [0.29, 0.717) is 17.9 Å². The molecule has 0 aromatic heterocycles. The maximum absolute atomic E-state index is 14.8. The van der Waals surface area contributed by atoms with Gasteiger partial charge < -0.3 is 0 Å². The van der Waals surface area contributed by atoms with E-state index < -0.39 is 42.4 Å². The Balaban J connectivity index is 2.14. The van der Waals surface area contributed by atoms with Gasteiger partial charge >= 0.3 is 10.3 Å². The van der Waals surface area contributed by atoms with Crippen molar-refractivity contribution in [1.29, 1.82) is 0 Å². The van der Waals surface area contributed by atoms with Crippen molar-refractivity contribution in [2.24, 2.45) is 11.1 Å². The molecule has 164 valence electrons. The molecule has 2 aromatic rings. The number of hydrogen-bond acceptors (Lipinski definition) is 5. The monoisotopic (exact) mass is 479 g/mol. The largest absolute Gasteiger partial charge is 0.333 e. The van der Waals surface area contributed by atoms with E-state index in [9.17, 15) is 25.6 Å². The minimum Gasteiger partial charge on any atom is -0.258 e. The van der Waals surface area contributed by atoms with Crippen LogP contribution in [0.25, 0.3) is 0 Å². The Hall–Kier alpha value is -1.59. The molecule has 0 bridgehead atoms. The van der Waals surface area contributed by atoms with Crippen LogP contribution in [-0.2, 0) is 29.1 Å². The molecule has 0 saturated heterocycles. The zero-order valence-corrected chi connectivity index (χ0v) is 18.1. The maximum Gasteiger partial charge on any atom is 0.333 e. The number of sulfone groups is 1. The van der Waals surface area contributed by atoms with Crippen molar-refractivity contribution >= 4 is 31.7 Å². The third kappa shape index (κ3) is 4.67. The molecule has 2 N–H and O–H groups in total. The predicted molar refractivity (Wildman–Crippen MR) is 108 cm³/mol. The van der Waals surface area contributed by atoms with Crippen LogP contribution in [-0.4, -0.2) is 23.4 Å². The summed E-state index contributed by atoms with van der Waals surface area (Å²) < 4.78 is 81.4. The summed E-state index contributed by atoms with van der Waals surface area (Å²) in [4.78, 5) is -0.0939. The molecule has 1 aliphatic rings. The normalized spacial score (nSPS) is 22.7. The molecule has 0 unspecified atom stereocenters. The van der Waals surface area contributed by atoms with Gasteiger partial charge in [-0.3, -0.25) is 4.18 Å². The van der Waals surface area contributed by atoms with Gasteiger partial charge in [-0.15, -0.1) is 0 Å². The fraction of sp³-hybridized carbons (Fsp3) is 0.368. The summed E-state index contributed by atoms with van der Waals surface area (Å²) in [5.41, 5.74) is -0.294. The number of halogens is 3. The lowest BCUT2D eigenvalue weighted by atomic mass is 9.77. The lowest BCUT2D eigenvalue weighted by molar-refractivity contribution is 0.187. The molecule has 1 fully saturated rings. The van der Waals surface area contributed by atoms with E-state index in [1.165, 1.54) is 24.3 Å². The number of nitrogens with two attached hydrogens (primary N) is 1. The molecule has 1 saturated carbocycles. The molecular weight excluding hydrogens is 460 g/mol. The third-order valence-corrected chi connectivity index (χ3v) is 8.57. The van der Waals surface area contributed by atoms with Crippen molar-refractivity contribution in [3.05, 3.63) is 64.7 Å². The summed E-state index contributed by atoms with van der Waals surface area (Å²) in [6, 6.07) is 8.08. The van der Waals surface area contributed by atoms with E-state index in [1.807, 2.05) is 0 Å². The SMILES string of the molecule is NS(=O)(=O)OC[C@H]1CCC[C@@](c2cc(F)ccc2F)(S(=O)(=O)c2ccc(Cl)cc2)C1. The Bertz CT molecular complexity index is 1140. The molecule has 0 aliphatic heterocycles. The summed E-state index contributed by atoms with van der Waals surface area (Å²) in [6.45, 7) is -0.354. The fourth-order valence-electron chi connectivity index (χ4n) is 4.00. The van der Waals surface area contributed by atoms with Gasteiger partial charge in [0.05, 0.1) is 11.5 Å². The highest BCUT2D eigenvalue weighted by atomic mass is 35.5. The van der Waals surface area contributed by atoms with E-state index in [4.69, 9.17) is 16.7 Å². The first-order chi connectivity index (χ1) is 13.9. The second-order valence-corrected chi connectivity index (χ2v) is 11.2. The van der Waals surface area contributed by atoms with Crippen molar-refractivity contribution in [2.75, 3.05) is 6.61 Å². The second kappa shape index (κ2) is 8.51. The molecule has 0 amide bonds. The zero-order chi connectivity index (χ0) is 22.2. The topological polar surface area (TPSA) is 104 Å².